The van der Waals surface area contributed by atoms with Crippen LogP contribution in [0.3, 0.4) is 0 Å². The van der Waals surface area contributed by atoms with E-state index in [0.717, 1.165) is 12.0 Å². The molecule has 7 nitrogen and oxygen atoms in total. The molecule has 1 amide bonds. The highest BCUT2D eigenvalue weighted by Gasteiger charge is 2.47. The highest BCUT2D eigenvalue weighted by atomic mass is 16.5. The second-order valence-corrected chi connectivity index (χ2v) is 9.45. The maximum absolute atomic E-state index is 13.6. The van der Waals surface area contributed by atoms with Crippen LogP contribution in [0, 0.1) is 0 Å². The van der Waals surface area contributed by atoms with Crippen molar-refractivity contribution in [2.75, 3.05) is 18.1 Å². The molecule has 1 saturated heterocycles. The molecule has 204 valence electrons. The van der Waals surface area contributed by atoms with Crippen molar-refractivity contribution in [1.82, 2.24) is 0 Å². The maximum Gasteiger partial charge on any atom is 0.300 e. The fourth-order valence-electron chi connectivity index (χ4n) is 4.68. The van der Waals surface area contributed by atoms with Gasteiger partial charge >= 0.3 is 0 Å². The lowest BCUT2D eigenvalue weighted by molar-refractivity contribution is -0.132. The molecule has 1 unspecified atom stereocenters. The number of hydrogen-bond acceptors (Lipinski definition) is 6. The van der Waals surface area contributed by atoms with Gasteiger partial charge in [-0.15, -0.1) is 0 Å². The average Bonchev–Trinajstić information content (AvgIpc) is 3.19. The summed E-state index contributed by atoms with van der Waals surface area (Å²) >= 11 is 0. The van der Waals surface area contributed by atoms with E-state index in [1.165, 1.54) is 4.90 Å². The molecule has 4 rings (SSSR count). The fourth-order valence-corrected chi connectivity index (χ4v) is 4.68. The second kappa shape index (κ2) is 12.1. The Labute approximate surface area is 229 Å². The van der Waals surface area contributed by atoms with Crippen molar-refractivity contribution in [3.8, 4) is 17.2 Å². The number of carbonyl (C=O) groups is 2. The van der Waals surface area contributed by atoms with Crippen molar-refractivity contribution in [2.24, 2.45) is 0 Å². The number of nitrogens with zero attached hydrogens (tertiary/aromatic N) is 1. The zero-order valence-electron chi connectivity index (χ0n) is 23.1. The van der Waals surface area contributed by atoms with E-state index in [9.17, 15) is 14.7 Å². The van der Waals surface area contributed by atoms with Crippen LogP contribution in [0.4, 0.5) is 5.69 Å². The number of benzene rings is 3. The molecule has 0 aliphatic carbocycles. The third-order valence-electron chi connectivity index (χ3n) is 6.45. The van der Waals surface area contributed by atoms with Crippen molar-refractivity contribution in [1.29, 1.82) is 0 Å². The average molecular weight is 530 g/mol. The molecule has 1 N–H and O–H groups in total. The Hall–Kier alpha value is -4.26. The largest absolute Gasteiger partial charge is 0.507 e. The number of hydrogen-bond donors (Lipinski definition) is 1. The summed E-state index contributed by atoms with van der Waals surface area (Å²) in [6, 6.07) is 19.0. The van der Waals surface area contributed by atoms with Crippen LogP contribution in [0.15, 0.2) is 72.3 Å². The lowest BCUT2D eigenvalue weighted by atomic mass is 9.94. The molecule has 1 atom stereocenters. The number of aryl methyl sites for hydroxylation is 1. The van der Waals surface area contributed by atoms with E-state index >= 15 is 0 Å². The first-order valence-corrected chi connectivity index (χ1v) is 13.4. The Bertz CT molecular complexity index is 1360. The maximum atomic E-state index is 13.6. The summed E-state index contributed by atoms with van der Waals surface area (Å²) in [6.45, 7) is 10.4. The Morgan fingerprint density at radius 2 is 1.51 bits per heavy atom. The summed E-state index contributed by atoms with van der Waals surface area (Å²) < 4.78 is 17.1. The van der Waals surface area contributed by atoms with Gasteiger partial charge in [0.25, 0.3) is 11.7 Å². The van der Waals surface area contributed by atoms with Gasteiger partial charge in [0.15, 0.2) is 0 Å². The number of Topliss-reactive ketones (excluding diaryl/α,β-unsaturated/α-hetero) is 1. The number of aliphatic hydroxyl groups is 1. The Balaban J connectivity index is 1.89. The minimum Gasteiger partial charge on any atom is -0.507 e. The molecule has 7 heteroatoms. The molecule has 0 spiro atoms. The second-order valence-electron chi connectivity index (χ2n) is 9.45. The normalized spacial score (nSPS) is 16.6. The van der Waals surface area contributed by atoms with Gasteiger partial charge in [-0.25, -0.2) is 0 Å². The van der Waals surface area contributed by atoms with Gasteiger partial charge in [-0.2, -0.15) is 0 Å². The van der Waals surface area contributed by atoms with Crippen molar-refractivity contribution in [3.05, 3.63) is 89.0 Å². The van der Waals surface area contributed by atoms with Gasteiger partial charge < -0.3 is 19.3 Å². The van der Waals surface area contributed by atoms with E-state index in [2.05, 4.69) is 6.92 Å². The quantitative estimate of drug-likeness (QED) is 0.184. The predicted molar refractivity (Wildman–Crippen MR) is 152 cm³/mol. The molecular weight excluding hydrogens is 494 g/mol. The van der Waals surface area contributed by atoms with E-state index in [0.29, 0.717) is 47.3 Å². The molecule has 1 heterocycles. The first-order chi connectivity index (χ1) is 18.8. The summed E-state index contributed by atoms with van der Waals surface area (Å²) in [5.74, 6) is -0.189. The first kappa shape index (κ1) is 27.8. The lowest BCUT2D eigenvalue weighted by Crippen LogP contribution is -2.29. The van der Waals surface area contributed by atoms with Gasteiger partial charge in [0.2, 0.25) is 0 Å². The molecule has 3 aromatic carbocycles. The first-order valence-electron chi connectivity index (χ1n) is 13.4. The molecule has 0 radical (unpaired) electrons. The summed E-state index contributed by atoms with van der Waals surface area (Å²) in [7, 11) is 0. The molecular formula is C32H35NO6. The molecule has 39 heavy (non-hydrogen) atoms. The van der Waals surface area contributed by atoms with Crippen molar-refractivity contribution < 1.29 is 28.9 Å². The van der Waals surface area contributed by atoms with Crippen LogP contribution in [0.5, 0.6) is 17.2 Å². The van der Waals surface area contributed by atoms with Crippen LogP contribution in [0.25, 0.3) is 5.76 Å². The molecule has 0 bridgehead atoms. The predicted octanol–water partition coefficient (Wildman–Crippen LogP) is 6.46. The smallest absolute Gasteiger partial charge is 0.300 e. The van der Waals surface area contributed by atoms with Crippen molar-refractivity contribution in [3.63, 3.8) is 0 Å². The summed E-state index contributed by atoms with van der Waals surface area (Å²) in [5.41, 5.74) is 2.66. The zero-order chi connectivity index (χ0) is 28.1. The van der Waals surface area contributed by atoms with Crippen LogP contribution in [0.2, 0.25) is 0 Å². The fraction of sp³-hybridized carbons (Fsp3) is 0.312. The van der Waals surface area contributed by atoms with Crippen molar-refractivity contribution >= 4 is 23.1 Å². The number of ketones is 1. The highest BCUT2D eigenvalue weighted by molar-refractivity contribution is 6.51. The van der Waals surface area contributed by atoms with E-state index in [1.807, 2.05) is 52.0 Å². The van der Waals surface area contributed by atoms with Crippen LogP contribution >= 0.6 is 0 Å². The third-order valence-corrected chi connectivity index (χ3v) is 6.45. The monoisotopic (exact) mass is 529 g/mol. The van der Waals surface area contributed by atoms with Gasteiger partial charge in [0, 0.05) is 11.8 Å². The van der Waals surface area contributed by atoms with E-state index in [4.69, 9.17) is 14.2 Å². The molecule has 0 saturated carbocycles. The zero-order valence-corrected chi connectivity index (χ0v) is 23.1. The van der Waals surface area contributed by atoms with Crippen LogP contribution in [-0.4, -0.2) is 36.1 Å². The number of anilines is 1. The van der Waals surface area contributed by atoms with Gasteiger partial charge in [-0.1, -0.05) is 31.2 Å². The van der Waals surface area contributed by atoms with Crippen molar-refractivity contribution in [2.45, 2.75) is 53.2 Å². The summed E-state index contributed by atoms with van der Waals surface area (Å²) in [6.07, 6.45) is 0.845. The van der Waals surface area contributed by atoms with Crippen LogP contribution in [0.1, 0.15) is 57.4 Å². The number of ether oxygens (including phenoxy) is 3. The summed E-state index contributed by atoms with van der Waals surface area (Å²) in [5, 5.41) is 11.6. The molecule has 1 fully saturated rings. The standard InChI is InChI=1S/C32H35NO6/c1-6-21-9-11-22(12-10-21)29-28(30(34)26-18-17-25(37-7-2)19-27(26)38-8-3)31(35)32(36)33(29)23-13-15-24(16-14-23)39-20(4)5/h9-20,29,34H,6-8H2,1-5H3/b30-28-. The summed E-state index contributed by atoms with van der Waals surface area (Å²) in [4.78, 5) is 28.5. The van der Waals surface area contributed by atoms with E-state index in [1.54, 1.807) is 42.5 Å². The molecule has 1 aliphatic rings. The van der Waals surface area contributed by atoms with Gasteiger partial charge in [0.1, 0.15) is 23.0 Å². The topological polar surface area (TPSA) is 85.3 Å². The Morgan fingerprint density at radius 3 is 2.10 bits per heavy atom. The SMILES string of the molecule is CCOc1ccc(/C(O)=C2/C(=O)C(=O)N(c3ccc(OC(C)C)cc3)C2c2ccc(CC)cc2)c(OCC)c1. The van der Waals surface area contributed by atoms with Gasteiger partial charge in [-0.05, 0) is 81.6 Å². The van der Waals surface area contributed by atoms with Gasteiger partial charge in [0.05, 0.1) is 36.5 Å². The number of aliphatic hydroxyl groups excluding tert-OH is 1. The minimum atomic E-state index is -0.839. The van der Waals surface area contributed by atoms with E-state index in [-0.39, 0.29) is 17.4 Å². The molecule has 1 aliphatic heterocycles. The third kappa shape index (κ3) is 5.77. The number of carbonyl (C=O) groups excluding carboxylic acids is 2. The van der Waals surface area contributed by atoms with Crippen LogP contribution < -0.4 is 19.1 Å². The lowest BCUT2D eigenvalue weighted by Gasteiger charge is -2.26. The van der Waals surface area contributed by atoms with Crippen LogP contribution in [-0.2, 0) is 16.0 Å². The van der Waals surface area contributed by atoms with Gasteiger partial charge in [-0.3, -0.25) is 14.5 Å². The highest BCUT2D eigenvalue weighted by Crippen LogP contribution is 2.44. The van der Waals surface area contributed by atoms with E-state index < -0.39 is 17.7 Å². The number of rotatable bonds is 10. The Kier molecular flexibility index (Phi) is 8.59. The molecule has 3 aromatic rings. The Morgan fingerprint density at radius 1 is 0.872 bits per heavy atom. The number of amides is 1. The minimum absolute atomic E-state index is 0.00290. The molecule has 0 aromatic heterocycles.